The average molecular weight is 446 g/mol. The molecule has 1 aliphatic carbocycles. The summed E-state index contributed by atoms with van der Waals surface area (Å²) in [5, 5.41) is 28.2. The van der Waals surface area contributed by atoms with E-state index < -0.39 is 5.60 Å². The second-order valence-electron chi connectivity index (χ2n) is 9.25. The maximum absolute atomic E-state index is 12.5. The lowest BCUT2D eigenvalue weighted by Crippen LogP contribution is -2.29. The lowest BCUT2D eigenvalue weighted by molar-refractivity contribution is 0.0940. The van der Waals surface area contributed by atoms with Gasteiger partial charge in [0.1, 0.15) is 0 Å². The van der Waals surface area contributed by atoms with Crippen molar-refractivity contribution in [3.8, 4) is 22.5 Å². The first-order chi connectivity index (χ1) is 15.8. The van der Waals surface area contributed by atoms with Gasteiger partial charge in [-0.25, -0.2) is 9.50 Å². The topological polar surface area (TPSA) is 120 Å². The number of anilines is 1. The summed E-state index contributed by atoms with van der Waals surface area (Å²) in [4.78, 5) is 17.1. The molecular formula is C24H27N7O2. The van der Waals surface area contributed by atoms with Gasteiger partial charge in [0.15, 0.2) is 5.65 Å². The molecule has 1 saturated carbocycles. The van der Waals surface area contributed by atoms with E-state index >= 15 is 0 Å². The Balaban J connectivity index is 1.56. The van der Waals surface area contributed by atoms with E-state index in [-0.39, 0.29) is 5.91 Å². The molecule has 0 atom stereocenters. The smallest absolute Gasteiger partial charge is 0.251 e. The number of H-pyrrole nitrogens is 1. The second-order valence-corrected chi connectivity index (χ2v) is 9.25. The van der Waals surface area contributed by atoms with Gasteiger partial charge in [-0.05, 0) is 57.4 Å². The SMILES string of the molecule is Cc1cc(-c2cnc3c(NCC(C)(C)O)cc(-c4cn[nH]c4)nn23)ccc1C(=O)NC1CC1. The third-order valence-electron chi connectivity index (χ3n) is 5.65. The highest BCUT2D eigenvalue weighted by atomic mass is 16.3. The molecule has 3 heterocycles. The van der Waals surface area contributed by atoms with E-state index in [2.05, 4.69) is 25.8 Å². The number of nitrogens with zero attached hydrogens (tertiary/aromatic N) is 4. The van der Waals surface area contributed by atoms with Crippen molar-refractivity contribution in [2.75, 3.05) is 11.9 Å². The zero-order valence-electron chi connectivity index (χ0n) is 18.9. The Labute approximate surface area is 191 Å². The van der Waals surface area contributed by atoms with Gasteiger partial charge in [-0.2, -0.15) is 10.2 Å². The number of carbonyl (C=O) groups is 1. The van der Waals surface area contributed by atoms with Crippen LogP contribution in [0.3, 0.4) is 0 Å². The third kappa shape index (κ3) is 4.45. The number of rotatable bonds is 7. The molecule has 33 heavy (non-hydrogen) atoms. The van der Waals surface area contributed by atoms with Crippen LogP contribution in [-0.2, 0) is 0 Å². The van der Waals surface area contributed by atoms with Crippen molar-refractivity contribution >= 4 is 17.2 Å². The van der Waals surface area contributed by atoms with E-state index in [1.807, 2.05) is 31.2 Å². The van der Waals surface area contributed by atoms with Crippen LogP contribution in [0, 0.1) is 6.92 Å². The fourth-order valence-corrected chi connectivity index (χ4v) is 3.71. The molecule has 0 unspecified atom stereocenters. The van der Waals surface area contributed by atoms with Crippen LogP contribution in [0.4, 0.5) is 5.69 Å². The van der Waals surface area contributed by atoms with Gasteiger partial charge in [0.2, 0.25) is 0 Å². The van der Waals surface area contributed by atoms with Crippen molar-refractivity contribution < 1.29 is 9.90 Å². The first-order valence-corrected chi connectivity index (χ1v) is 11.0. The number of carbonyl (C=O) groups excluding carboxylic acids is 1. The number of aromatic amines is 1. The summed E-state index contributed by atoms with van der Waals surface area (Å²) in [6, 6.07) is 7.99. The summed E-state index contributed by atoms with van der Waals surface area (Å²) in [5.41, 5.74) is 5.36. The molecule has 5 rings (SSSR count). The van der Waals surface area contributed by atoms with Crippen LogP contribution in [-0.4, -0.2) is 54.0 Å². The molecule has 0 saturated heterocycles. The second kappa shape index (κ2) is 8.00. The Morgan fingerprint density at radius 2 is 2.06 bits per heavy atom. The number of amides is 1. The summed E-state index contributed by atoms with van der Waals surface area (Å²) in [6.45, 7) is 5.78. The molecular weight excluding hydrogens is 418 g/mol. The van der Waals surface area contributed by atoms with Crippen LogP contribution in [0.2, 0.25) is 0 Å². The number of imidazole rings is 1. The monoisotopic (exact) mass is 445 g/mol. The molecule has 0 radical (unpaired) electrons. The Morgan fingerprint density at radius 3 is 2.73 bits per heavy atom. The van der Waals surface area contributed by atoms with Gasteiger partial charge in [0, 0.05) is 35.5 Å². The highest BCUT2D eigenvalue weighted by molar-refractivity contribution is 5.96. The summed E-state index contributed by atoms with van der Waals surface area (Å²) in [5.74, 6) is -0.0295. The molecule has 0 aliphatic heterocycles. The predicted octanol–water partition coefficient (Wildman–Crippen LogP) is 3.17. The minimum Gasteiger partial charge on any atom is -0.389 e. The molecule has 9 nitrogen and oxygen atoms in total. The quantitative estimate of drug-likeness (QED) is 0.347. The normalized spacial score (nSPS) is 13.9. The van der Waals surface area contributed by atoms with Crippen LogP contribution in [0.5, 0.6) is 0 Å². The van der Waals surface area contributed by atoms with Crippen molar-refractivity contribution in [3.05, 3.63) is 54.0 Å². The van der Waals surface area contributed by atoms with Crippen LogP contribution < -0.4 is 10.6 Å². The van der Waals surface area contributed by atoms with Gasteiger partial charge >= 0.3 is 0 Å². The zero-order valence-corrected chi connectivity index (χ0v) is 18.9. The Bertz CT molecular complexity index is 1310. The molecule has 4 N–H and O–H groups in total. The van der Waals surface area contributed by atoms with Crippen LogP contribution >= 0.6 is 0 Å². The molecule has 170 valence electrons. The minimum atomic E-state index is -0.889. The molecule has 4 aromatic rings. The maximum Gasteiger partial charge on any atom is 0.251 e. The lowest BCUT2D eigenvalue weighted by Gasteiger charge is -2.19. The van der Waals surface area contributed by atoms with E-state index in [1.54, 1.807) is 37.0 Å². The average Bonchev–Trinajstić information content (AvgIpc) is 3.24. The van der Waals surface area contributed by atoms with Crippen LogP contribution in [0.25, 0.3) is 28.2 Å². The number of fused-ring (bicyclic) bond motifs is 1. The number of aliphatic hydroxyl groups is 1. The highest BCUT2D eigenvalue weighted by Crippen LogP contribution is 2.29. The number of benzene rings is 1. The molecule has 9 heteroatoms. The maximum atomic E-state index is 12.5. The Morgan fingerprint density at radius 1 is 1.24 bits per heavy atom. The Hall–Kier alpha value is -3.72. The third-order valence-corrected chi connectivity index (χ3v) is 5.65. The fourth-order valence-electron chi connectivity index (χ4n) is 3.71. The number of hydrogen-bond acceptors (Lipinski definition) is 6. The van der Waals surface area contributed by atoms with Crippen molar-refractivity contribution in [3.63, 3.8) is 0 Å². The first kappa shape index (κ1) is 21.1. The molecule has 1 aliphatic rings. The first-order valence-electron chi connectivity index (χ1n) is 11.0. The summed E-state index contributed by atoms with van der Waals surface area (Å²) in [7, 11) is 0. The number of aromatic nitrogens is 5. The van der Waals surface area contributed by atoms with Crippen molar-refractivity contribution in [2.24, 2.45) is 0 Å². The molecule has 1 fully saturated rings. The number of aryl methyl sites for hydroxylation is 1. The highest BCUT2D eigenvalue weighted by Gasteiger charge is 2.24. The van der Waals surface area contributed by atoms with Gasteiger partial charge < -0.3 is 15.7 Å². The van der Waals surface area contributed by atoms with Gasteiger partial charge in [-0.3, -0.25) is 9.89 Å². The largest absolute Gasteiger partial charge is 0.389 e. The molecule has 0 bridgehead atoms. The zero-order chi connectivity index (χ0) is 23.2. The van der Waals surface area contributed by atoms with Gasteiger partial charge in [-0.1, -0.05) is 6.07 Å². The summed E-state index contributed by atoms with van der Waals surface area (Å²) < 4.78 is 1.79. The number of hydrogen-bond donors (Lipinski definition) is 4. The fraction of sp³-hybridized carbons (Fsp3) is 0.333. The predicted molar refractivity (Wildman–Crippen MR) is 126 cm³/mol. The number of nitrogens with one attached hydrogen (secondary N) is 3. The van der Waals surface area contributed by atoms with Crippen molar-refractivity contribution in [2.45, 2.75) is 45.3 Å². The summed E-state index contributed by atoms with van der Waals surface area (Å²) in [6.07, 6.45) is 7.37. The van der Waals surface area contributed by atoms with Crippen LogP contribution in [0.1, 0.15) is 42.6 Å². The van der Waals surface area contributed by atoms with E-state index in [0.717, 1.165) is 40.9 Å². The Kier molecular flexibility index (Phi) is 5.13. The van der Waals surface area contributed by atoms with Crippen molar-refractivity contribution in [1.82, 2.24) is 30.1 Å². The van der Waals surface area contributed by atoms with Crippen molar-refractivity contribution in [1.29, 1.82) is 0 Å². The minimum absolute atomic E-state index is 0.0295. The summed E-state index contributed by atoms with van der Waals surface area (Å²) >= 11 is 0. The van der Waals surface area contributed by atoms with E-state index in [1.165, 1.54) is 0 Å². The van der Waals surface area contributed by atoms with Crippen LogP contribution in [0.15, 0.2) is 42.9 Å². The lowest BCUT2D eigenvalue weighted by atomic mass is 10.0. The van der Waals surface area contributed by atoms with Gasteiger partial charge in [-0.15, -0.1) is 0 Å². The van der Waals surface area contributed by atoms with Gasteiger partial charge in [0.05, 0.1) is 35.1 Å². The molecule has 1 amide bonds. The molecule has 3 aromatic heterocycles. The van der Waals surface area contributed by atoms with Gasteiger partial charge in [0.25, 0.3) is 5.91 Å². The van der Waals surface area contributed by atoms with E-state index in [9.17, 15) is 9.90 Å². The molecule has 0 spiro atoms. The standard InChI is InChI=1S/C24H27N7O2/c1-14-8-15(4-7-18(14)23(32)29-17-5-6-17)21-12-25-22-20(26-13-24(2,3)33)9-19(30-31(21)22)16-10-27-28-11-16/h4,7-12,17,26,33H,5-6,13H2,1-3H3,(H,27,28)(H,29,32). The van der Waals surface area contributed by atoms with E-state index in [0.29, 0.717) is 29.5 Å². The molecule has 1 aromatic carbocycles. The van der Waals surface area contributed by atoms with E-state index in [4.69, 9.17) is 5.10 Å².